The molecule has 1 atom stereocenters. The van der Waals surface area contributed by atoms with E-state index in [0.29, 0.717) is 5.56 Å². The molecule has 0 saturated carbocycles. The van der Waals surface area contributed by atoms with Crippen LogP contribution >= 0.6 is 0 Å². The van der Waals surface area contributed by atoms with Crippen LogP contribution < -0.4 is 9.50 Å². The summed E-state index contributed by atoms with van der Waals surface area (Å²) < 4.78 is 37.1. The molecular weight excluding hydrogens is 362 g/mol. The molecule has 146 valence electrons. The van der Waals surface area contributed by atoms with Gasteiger partial charge in [-0.3, -0.25) is 0 Å². The monoisotopic (exact) mass is 387 g/mol. The molecule has 0 aromatic heterocycles. The van der Waals surface area contributed by atoms with E-state index in [1.165, 1.54) is 12.1 Å². The van der Waals surface area contributed by atoms with Gasteiger partial charge in [0.2, 0.25) is 0 Å². The van der Waals surface area contributed by atoms with Crippen molar-refractivity contribution < 1.29 is 31.7 Å². The molecule has 1 aromatic carbocycles. The number of benzene rings is 1. The van der Waals surface area contributed by atoms with E-state index < -0.39 is 33.8 Å². The number of ether oxygens (including phenoxy) is 2. The van der Waals surface area contributed by atoms with Gasteiger partial charge in [0.15, 0.2) is 0 Å². The maximum Gasteiger partial charge on any atom is 0.408 e. The summed E-state index contributed by atoms with van der Waals surface area (Å²) in [6.07, 6.45) is 0.368. The molecule has 0 radical (unpaired) electrons. The molecular formula is C17H25NO7S. The van der Waals surface area contributed by atoms with Crippen LogP contribution in [0.15, 0.2) is 24.3 Å². The van der Waals surface area contributed by atoms with E-state index in [9.17, 15) is 18.0 Å². The third-order valence-corrected chi connectivity index (χ3v) is 3.37. The van der Waals surface area contributed by atoms with E-state index >= 15 is 0 Å². The molecule has 1 unspecified atom stereocenters. The van der Waals surface area contributed by atoms with Gasteiger partial charge in [-0.25, -0.2) is 9.59 Å². The van der Waals surface area contributed by atoms with Gasteiger partial charge in [0.25, 0.3) is 0 Å². The molecule has 0 heterocycles. The Labute approximate surface area is 153 Å². The second-order valence-corrected chi connectivity index (χ2v) is 8.16. The van der Waals surface area contributed by atoms with Gasteiger partial charge in [-0.2, -0.15) is 8.42 Å². The lowest BCUT2D eigenvalue weighted by molar-refractivity contribution is -0.145. The summed E-state index contributed by atoms with van der Waals surface area (Å²) in [4.78, 5) is 24.1. The van der Waals surface area contributed by atoms with Crippen LogP contribution in [0.5, 0.6) is 5.75 Å². The fourth-order valence-electron chi connectivity index (χ4n) is 1.98. The molecule has 1 amide bonds. The largest absolute Gasteiger partial charge is 0.464 e. The Hall–Kier alpha value is -2.29. The van der Waals surface area contributed by atoms with Crippen molar-refractivity contribution in [3.63, 3.8) is 0 Å². The normalized spacial score (nSPS) is 12.8. The molecule has 0 aliphatic heterocycles. The smallest absolute Gasteiger partial charge is 0.408 e. The fourth-order valence-corrected chi connectivity index (χ4v) is 2.44. The van der Waals surface area contributed by atoms with Crippen molar-refractivity contribution in [2.45, 2.75) is 45.8 Å². The molecule has 26 heavy (non-hydrogen) atoms. The summed E-state index contributed by atoms with van der Waals surface area (Å²) in [5.74, 6) is -0.432. The van der Waals surface area contributed by atoms with E-state index in [1.54, 1.807) is 39.8 Å². The lowest BCUT2D eigenvalue weighted by Gasteiger charge is -2.23. The van der Waals surface area contributed by atoms with Crippen LogP contribution in [0.1, 0.15) is 33.3 Å². The van der Waals surface area contributed by atoms with Crippen molar-refractivity contribution in [1.29, 1.82) is 0 Å². The number of amides is 1. The zero-order valence-corrected chi connectivity index (χ0v) is 16.4. The predicted octanol–water partition coefficient (Wildman–Crippen LogP) is 2.02. The molecule has 8 nitrogen and oxygen atoms in total. The van der Waals surface area contributed by atoms with Gasteiger partial charge >= 0.3 is 22.2 Å². The van der Waals surface area contributed by atoms with Crippen molar-refractivity contribution in [2.24, 2.45) is 0 Å². The Bertz CT molecular complexity index is 720. The number of alkyl carbamates (subject to hydrolysis) is 1. The van der Waals surface area contributed by atoms with Crippen LogP contribution in [-0.2, 0) is 30.8 Å². The minimum Gasteiger partial charge on any atom is -0.464 e. The quantitative estimate of drug-likeness (QED) is 0.563. The second kappa shape index (κ2) is 8.88. The average Bonchev–Trinajstić information content (AvgIpc) is 2.45. The van der Waals surface area contributed by atoms with Gasteiger partial charge in [-0.15, -0.1) is 0 Å². The first-order chi connectivity index (χ1) is 11.9. The van der Waals surface area contributed by atoms with Crippen LogP contribution in [0, 0.1) is 0 Å². The van der Waals surface area contributed by atoms with Gasteiger partial charge < -0.3 is 19.0 Å². The maximum absolute atomic E-state index is 12.1. The number of carbonyl (C=O) groups excluding carboxylic acids is 2. The molecule has 0 bridgehead atoms. The highest BCUT2D eigenvalue weighted by Crippen LogP contribution is 2.16. The standard InChI is InChI=1S/C17H25NO7S/c1-6-23-15(19)14(18-16(20)24-17(2,3)4)11-12-7-9-13(10-8-12)25-26(5,21)22/h7-10,14H,6,11H2,1-5H3,(H,18,20). The molecule has 1 aromatic rings. The van der Waals surface area contributed by atoms with E-state index in [-0.39, 0.29) is 18.8 Å². The minimum atomic E-state index is -3.61. The lowest BCUT2D eigenvalue weighted by atomic mass is 10.1. The highest BCUT2D eigenvalue weighted by Gasteiger charge is 2.25. The fraction of sp³-hybridized carbons (Fsp3) is 0.529. The molecule has 0 aliphatic rings. The van der Waals surface area contributed by atoms with Gasteiger partial charge in [0.05, 0.1) is 12.9 Å². The summed E-state index contributed by atoms with van der Waals surface area (Å²) in [6.45, 7) is 6.98. The summed E-state index contributed by atoms with van der Waals surface area (Å²) in [7, 11) is -3.61. The van der Waals surface area contributed by atoms with Crippen LogP contribution in [0.3, 0.4) is 0 Å². The van der Waals surface area contributed by atoms with Crippen molar-refractivity contribution in [3.8, 4) is 5.75 Å². The third-order valence-electron chi connectivity index (χ3n) is 2.87. The molecule has 1 rings (SSSR count). The van der Waals surface area contributed by atoms with Crippen LogP contribution in [0.2, 0.25) is 0 Å². The second-order valence-electron chi connectivity index (χ2n) is 6.59. The first-order valence-electron chi connectivity index (χ1n) is 8.04. The number of nitrogens with one attached hydrogen (secondary N) is 1. The zero-order chi connectivity index (χ0) is 20.0. The number of hydrogen-bond acceptors (Lipinski definition) is 7. The zero-order valence-electron chi connectivity index (χ0n) is 15.6. The summed E-state index contributed by atoms with van der Waals surface area (Å²) in [5, 5.41) is 2.50. The lowest BCUT2D eigenvalue weighted by Crippen LogP contribution is -2.45. The molecule has 1 N–H and O–H groups in total. The van der Waals surface area contributed by atoms with E-state index in [2.05, 4.69) is 5.32 Å². The first kappa shape index (κ1) is 21.8. The number of rotatable bonds is 7. The Morgan fingerprint density at radius 3 is 2.19 bits per heavy atom. The van der Waals surface area contributed by atoms with Crippen LogP contribution in [0.4, 0.5) is 4.79 Å². The van der Waals surface area contributed by atoms with Crippen molar-refractivity contribution in [1.82, 2.24) is 5.32 Å². The van der Waals surface area contributed by atoms with E-state index in [1.807, 2.05) is 0 Å². The van der Waals surface area contributed by atoms with E-state index in [0.717, 1.165) is 6.26 Å². The topological polar surface area (TPSA) is 108 Å². The molecule has 0 aliphatic carbocycles. The Morgan fingerprint density at radius 2 is 1.73 bits per heavy atom. The predicted molar refractivity (Wildman–Crippen MR) is 95.4 cm³/mol. The highest BCUT2D eigenvalue weighted by atomic mass is 32.2. The molecule has 0 fully saturated rings. The van der Waals surface area contributed by atoms with Crippen molar-refractivity contribution >= 4 is 22.2 Å². The third kappa shape index (κ3) is 8.70. The highest BCUT2D eigenvalue weighted by molar-refractivity contribution is 7.86. The summed E-state index contributed by atoms with van der Waals surface area (Å²) in [5.41, 5.74) is -0.0199. The number of carbonyl (C=O) groups is 2. The van der Waals surface area contributed by atoms with Gasteiger partial charge in [0.1, 0.15) is 17.4 Å². The minimum absolute atomic E-state index is 0.150. The molecule has 0 spiro atoms. The van der Waals surface area contributed by atoms with E-state index in [4.69, 9.17) is 13.7 Å². The van der Waals surface area contributed by atoms with Gasteiger partial charge in [-0.05, 0) is 45.4 Å². The summed E-state index contributed by atoms with van der Waals surface area (Å²) in [6, 6.07) is 5.19. The first-order valence-corrected chi connectivity index (χ1v) is 9.86. The Morgan fingerprint density at radius 1 is 1.15 bits per heavy atom. The molecule has 9 heteroatoms. The van der Waals surface area contributed by atoms with Gasteiger partial charge in [0, 0.05) is 6.42 Å². The number of esters is 1. The average molecular weight is 387 g/mol. The molecule has 0 saturated heterocycles. The van der Waals surface area contributed by atoms with Crippen LogP contribution in [0.25, 0.3) is 0 Å². The van der Waals surface area contributed by atoms with Crippen molar-refractivity contribution in [2.75, 3.05) is 12.9 Å². The van der Waals surface area contributed by atoms with Crippen molar-refractivity contribution in [3.05, 3.63) is 29.8 Å². The number of hydrogen-bond donors (Lipinski definition) is 1. The Balaban J connectivity index is 2.85. The summed E-state index contributed by atoms with van der Waals surface area (Å²) >= 11 is 0. The van der Waals surface area contributed by atoms with Crippen LogP contribution in [-0.4, -0.2) is 45.0 Å². The SMILES string of the molecule is CCOC(=O)C(Cc1ccc(OS(C)(=O)=O)cc1)NC(=O)OC(C)(C)C. The van der Waals surface area contributed by atoms with Gasteiger partial charge in [-0.1, -0.05) is 12.1 Å². The Kier molecular flexibility index (Phi) is 7.43. The maximum atomic E-state index is 12.1.